The van der Waals surface area contributed by atoms with Crippen molar-refractivity contribution >= 4 is 5.69 Å². The lowest BCUT2D eigenvalue weighted by molar-refractivity contribution is 0.301. The van der Waals surface area contributed by atoms with E-state index >= 15 is 0 Å². The van der Waals surface area contributed by atoms with E-state index in [1.807, 2.05) is 36.4 Å². The van der Waals surface area contributed by atoms with Crippen molar-refractivity contribution in [3.05, 3.63) is 54.4 Å². The molecule has 96 valence electrons. The van der Waals surface area contributed by atoms with E-state index in [9.17, 15) is 0 Å². The molecule has 0 radical (unpaired) electrons. The van der Waals surface area contributed by atoms with Gasteiger partial charge in [-0.1, -0.05) is 6.07 Å². The van der Waals surface area contributed by atoms with E-state index in [1.165, 1.54) is 0 Å². The van der Waals surface area contributed by atoms with Gasteiger partial charge in [-0.3, -0.25) is 5.10 Å². The van der Waals surface area contributed by atoms with Crippen molar-refractivity contribution in [2.24, 2.45) is 0 Å². The van der Waals surface area contributed by atoms with Crippen molar-refractivity contribution in [2.75, 3.05) is 5.73 Å². The average Bonchev–Trinajstić information content (AvgIpc) is 3.07. The number of furan rings is 1. The first kappa shape index (κ1) is 11.4. The molecule has 0 aliphatic carbocycles. The summed E-state index contributed by atoms with van der Waals surface area (Å²) in [5.41, 5.74) is 7.99. The fraction of sp³-hybridized carbons (Fsp3) is 0.0714. The largest absolute Gasteiger partial charge is 0.487 e. The Hall–Kier alpha value is -2.69. The summed E-state index contributed by atoms with van der Waals surface area (Å²) in [5, 5.41) is 7.08. The summed E-state index contributed by atoms with van der Waals surface area (Å²) in [6, 6.07) is 12.9. The van der Waals surface area contributed by atoms with Gasteiger partial charge in [0.2, 0.25) is 0 Å². The molecule has 0 saturated heterocycles. The van der Waals surface area contributed by atoms with Gasteiger partial charge in [0.1, 0.15) is 18.1 Å². The molecule has 2 aromatic heterocycles. The Bertz CT molecular complexity index is 659. The second kappa shape index (κ2) is 4.89. The maximum atomic E-state index is 5.68. The highest BCUT2D eigenvalue weighted by Gasteiger charge is 2.06. The first-order chi connectivity index (χ1) is 9.31. The van der Waals surface area contributed by atoms with E-state index in [4.69, 9.17) is 14.9 Å². The number of aromatic nitrogens is 2. The quantitative estimate of drug-likeness (QED) is 0.703. The van der Waals surface area contributed by atoms with E-state index in [1.54, 1.807) is 12.3 Å². The van der Waals surface area contributed by atoms with Crippen LogP contribution in [-0.4, -0.2) is 10.2 Å². The smallest absolute Gasteiger partial charge is 0.154 e. The van der Waals surface area contributed by atoms with Crippen molar-refractivity contribution in [3.8, 4) is 17.2 Å². The van der Waals surface area contributed by atoms with Gasteiger partial charge in [0.05, 0.1) is 12.0 Å². The number of anilines is 1. The normalized spacial score (nSPS) is 10.5. The second-order valence-corrected chi connectivity index (χ2v) is 4.12. The van der Waals surface area contributed by atoms with E-state index in [-0.39, 0.29) is 0 Å². The summed E-state index contributed by atoms with van der Waals surface area (Å²) >= 11 is 0. The van der Waals surface area contributed by atoms with Crippen molar-refractivity contribution in [1.29, 1.82) is 0 Å². The Morgan fingerprint density at radius 1 is 1.21 bits per heavy atom. The minimum Gasteiger partial charge on any atom is -0.487 e. The number of hydrogen-bond acceptors (Lipinski definition) is 4. The van der Waals surface area contributed by atoms with Gasteiger partial charge in [-0.2, -0.15) is 5.10 Å². The SMILES string of the molecule is Nc1cccc(OCc2cc(-c3ccco3)n[nH]2)c1. The number of nitrogen functional groups attached to an aromatic ring is 1. The second-order valence-electron chi connectivity index (χ2n) is 4.12. The van der Waals surface area contributed by atoms with Crippen LogP contribution in [0.1, 0.15) is 5.69 Å². The van der Waals surface area contributed by atoms with Crippen molar-refractivity contribution in [2.45, 2.75) is 6.61 Å². The highest BCUT2D eigenvalue weighted by atomic mass is 16.5. The van der Waals surface area contributed by atoms with Crippen LogP contribution in [0.5, 0.6) is 5.75 Å². The first-order valence-corrected chi connectivity index (χ1v) is 5.88. The van der Waals surface area contributed by atoms with E-state index in [0.29, 0.717) is 12.3 Å². The Morgan fingerprint density at radius 2 is 2.16 bits per heavy atom. The number of H-pyrrole nitrogens is 1. The molecule has 0 bridgehead atoms. The topological polar surface area (TPSA) is 77.1 Å². The molecule has 3 aromatic rings. The Kier molecular flexibility index (Phi) is 2.94. The number of ether oxygens (including phenoxy) is 1. The lowest BCUT2D eigenvalue weighted by atomic mass is 10.3. The van der Waals surface area contributed by atoms with Crippen molar-refractivity contribution in [3.63, 3.8) is 0 Å². The van der Waals surface area contributed by atoms with E-state index in [2.05, 4.69) is 10.2 Å². The van der Waals surface area contributed by atoms with Crippen LogP contribution in [0.25, 0.3) is 11.5 Å². The summed E-state index contributed by atoms with van der Waals surface area (Å²) in [4.78, 5) is 0. The molecule has 19 heavy (non-hydrogen) atoms. The van der Waals surface area contributed by atoms with E-state index < -0.39 is 0 Å². The zero-order valence-corrected chi connectivity index (χ0v) is 10.2. The number of nitrogens with one attached hydrogen (secondary N) is 1. The van der Waals surface area contributed by atoms with Gasteiger partial charge in [0.15, 0.2) is 5.76 Å². The first-order valence-electron chi connectivity index (χ1n) is 5.88. The minimum atomic E-state index is 0.400. The maximum Gasteiger partial charge on any atom is 0.154 e. The molecule has 5 nitrogen and oxygen atoms in total. The molecular weight excluding hydrogens is 242 g/mol. The number of aromatic amines is 1. The van der Waals surface area contributed by atoms with Gasteiger partial charge in [0, 0.05) is 11.8 Å². The Labute approximate surface area is 110 Å². The van der Waals surface area contributed by atoms with Crippen LogP contribution in [-0.2, 0) is 6.61 Å². The molecule has 0 saturated carbocycles. The molecule has 0 unspecified atom stereocenters. The zero-order chi connectivity index (χ0) is 13.1. The Balaban J connectivity index is 1.68. The molecule has 2 heterocycles. The van der Waals surface area contributed by atoms with Gasteiger partial charge < -0.3 is 14.9 Å². The third kappa shape index (κ3) is 2.60. The molecule has 0 fully saturated rings. The number of benzene rings is 1. The number of nitrogens with two attached hydrogens (primary N) is 1. The molecular formula is C14H13N3O2. The zero-order valence-electron chi connectivity index (χ0n) is 10.2. The highest BCUT2D eigenvalue weighted by Crippen LogP contribution is 2.19. The standard InChI is InChI=1S/C14H13N3O2/c15-10-3-1-4-12(7-10)19-9-11-8-13(17-16-11)14-5-2-6-18-14/h1-8H,9,15H2,(H,16,17). The fourth-order valence-electron chi connectivity index (χ4n) is 1.75. The lowest BCUT2D eigenvalue weighted by Gasteiger charge is -2.04. The molecule has 0 atom stereocenters. The van der Waals surface area contributed by atoms with E-state index in [0.717, 1.165) is 22.9 Å². The molecule has 1 aromatic carbocycles. The summed E-state index contributed by atoms with van der Waals surface area (Å²) in [7, 11) is 0. The molecule has 3 N–H and O–H groups in total. The van der Waals surface area contributed by atoms with Gasteiger partial charge in [-0.05, 0) is 30.3 Å². The fourth-order valence-corrected chi connectivity index (χ4v) is 1.75. The molecule has 0 amide bonds. The average molecular weight is 255 g/mol. The molecule has 0 spiro atoms. The maximum absolute atomic E-state index is 5.68. The van der Waals surface area contributed by atoms with Crippen LogP contribution in [0.15, 0.2) is 53.1 Å². The predicted molar refractivity (Wildman–Crippen MR) is 71.5 cm³/mol. The van der Waals surface area contributed by atoms with Crippen molar-refractivity contribution in [1.82, 2.24) is 10.2 Å². The number of nitrogens with zero attached hydrogens (tertiary/aromatic N) is 1. The summed E-state index contributed by atoms with van der Waals surface area (Å²) in [5.74, 6) is 1.46. The van der Waals surface area contributed by atoms with Crippen LogP contribution >= 0.6 is 0 Å². The molecule has 0 aliphatic heterocycles. The van der Waals surface area contributed by atoms with Crippen LogP contribution < -0.4 is 10.5 Å². The highest BCUT2D eigenvalue weighted by molar-refractivity contribution is 5.51. The van der Waals surface area contributed by atoms with Crippen LogP contribution in [0, 0.1) is 0 Å². The third-order valence-electron chi connectivity index (χ3n) is 2.66. The van der Waals surface area contributed by atoms with Gasteiger partial charge in [-0.25, -0.2) is 0 Å². The van der Waals surface area contributed by atoms with Crippen LogP contribution in [0.3, 0.4) is 0 Å². The molecule has 0 aliphatic rings. The van der Waals surface area contributed by atoms with Crippen molar-refractivity contribution < 1.29 is 9.15 Å². The molecule has 3 rings (SSSR count). The number of hydrogen-bond donors (Lipinski definition) is 2. The van der Waals surface area contributed by atoms with Crippen LogP contribution in [0.4, 0.5) is 5.69 Å². The van der Waals surface area contributed by atoms with Gasteiger partial charge in [-0.15, -0.1) is 0 Å². The predicted octanol–water partition coefficient (Wildman–Crippen LogP) is 2.83. The summed E-state index contributed by atoms with van der Waals surface area (Å²) < 4.78 is 10.9. The number of rotatable bonds is 4. The molecule has 5 heteroatoms. The van der Waals surface area contributed by atoms with Gasteiger partial charge >= 0.3 is 0 Å². The summed E-state index contributed by atoms with van der Waals surface area (Å²) in [6.45, 7) is 0.400. The van der Waals surface area contributed by atoms with Crippen LogP contribution in [0.2, 0.25) is 0 Å². The van der Waals surface area contributed by atoms with Gasteiger partial charge in [0.25, 0.3) is 0 Å². The lowest BCUT2D eigenvalue weighted by Crippen LogP contribution is -1.96. The summed E-state index contributed by atoms with van der Waals surface area (Å²) in [6.07, 6.45) is 1.62. The monoisotopic (exact) mass is 255 g/mol. The third-order valence-corrected chi connectivity index (χ3v) is 2.66. The minimum absolute atomic E-state index is 0.400. The Morgan fingerprint density at radius 3 is 2.95 bits per heavy atom.